The van der Waals surface area contributed by atoms with Gasteiger partial charge in [-0.1, -0.05) is 15.9 Å². The van der Waals surface area contributed by atoms with Crippen molar-refractivity contribution >= 4 is 27.6 Å². The predicted octanol–water partition coefficient (Wildman–Crippen LogP) is 2.59. The summed E-state index contributed by atoms with van der Waals surface area (Å²) in [6.45, 7) is 0.670. The van der Waals surface area contributed by atoms with Crippen LogP contribution in [0.25, 0.3) is 0 Å². The number of ether oxygens (including phenoxy) is 1. The Balaban J connectivity index is 1.95. The van der Waals surface area contributed by atoms with Gasteiger partial charge in [0.1, 0.15) is 5.75 Å². The van der Waals surface area contributed by atoms with Crippen molar-refractivity contribution in [3.63, 3.8) is 0 Å². The van der Waals surface area contributed by atoms with E-state index in [1.54, 1.807) is 7.11 Å². The number of nitrogens with one attached hydrogen (secondary N) is 1. The van der Waals surface area contributed by atoms with E-state index in [0.29, 0.717) is 6.54 Å². The highest BCUT2D eigenvalue weighted by Crippen LogP contribution is 2.39. The molecule has 1 saturated carbocycles. The molecule has 0 saturated heterocycles. The third-order valence-electron chi connectivity index (χ3n) is 2.96. The predicted molar refractivity (Wildman–Crippen MR) is 68.4 cm³/mol. The highest BCUT2D eigenvalue weighted by Gasteiger charge is 2.42. The van der Waals surface area contributed by atoms with Crippen molar-refractivity contribution in [1.29, 1.82) is 0 Å². The van der Waals surface area contributed by atoms with Crippen molar-refractivity contribution < 1.29 is 14.6 Å². The number of hydrogen-bond donors (Lipinski definition) is 2. The zero-order valence-corrected chi connectivity index (χ0v) is 11.0. The number of carbonyl (C=O) groups is 1. The second-order valence-electron chi connectivity index (χ2n) is 4.17. The second-order valence-corrected chi connectivity index (χ2v) is 5.08. The number of aliphatic carboxylic acids is 1. The lowest BCUT2D eigenvalue weighted by Crippen LogP contribution is -2.09. The van der Waals surface area contributed by atoms with Gasteiger partial charge in [0.05, 0.1) is 18.7 Å². The number of methoxy groups -OCH3 is 1. The van der Waals surface area contributed by atoms with Gasteiger partial charge in [0.25, 0.3) is 0 Å². The summed E-state index contributed by atoms with van der Waals surface area (Å²) >= 11 is 3.39. The largest absolute Gasteiger partial charge is 0.495 e. The van der Waals surface area contributed by atoms with Crippen molar-refractivity contribution in [1.82, 2.24) is 0 Å². The summed E-state index contributed by atoms with van der Waals surface area (Å²) in [5, 5.41) is 12.0. The number of halogens is 1. The summed E-state index contributed by atoms with van der Waals surface area (Å²) in [7, 11) is 1.62. The van der Waals surface area contributed by atoms with Crippen LogP contribution >= 0.6 is 15.9 Å². The minimum absolute atomic E-state index is 0.180. The summed E-state index contributed by atoms with van der Waals surface area (Å²) in [5.41, 5.74) is 0.887. The van der Waals surface area contributed by atoms with E-state index < -0.39 is 5.97 Å². The normalized spacial score (nSPS) is 22.0. The van der Waals surface area contributed by atoms with Crippen LogP contribution in [0, 0.1) is 11.8 Å². The summed E-state index contributed by atoms with van der Waals surface area (Å²) < 4.78 is 6.19. The van der Waals surface area contributed by atoms with Crippen LogP contribution in [-0.4, -0.2) is 24.7 Å². The molecule has 2 N–H and O–H groups in total. The molecule has 0 spiro atoms. The molecule has 0 radical (unpaired) electrons. The summed E-state index contributed by atoms with van der Waals surface area (Å²) in [5.74, 6) is 0.121. The van der Waals surface area contributed by atoms with Gasteiger partial charge in [0, 0.05) is 11.0 Å². The number of hydrogen-bond acceptors (Lipinski definition) is 3. The van der Waals surface area contributed by atoms with Crippen molar-refractivity contribution in [2.75, 3.05) is 19.0 Å². The topological polar surface area (TPSA) is 58.6 Å². The first-order chi connectivity index (χ1) is 8.11. The fourth-order valence-electron chi connectivity index (χ4n) is 1.84. The van der Waals surface area contributed by atoms with Crippen LogP contribution < -0.4 is 10.1 Å². The molecule has 17 heavy (non-hydrogen) atoms. The molecular formula is C12H14BrNO3. The zero-order chi connectivity index (χ0) is 12.4. The fraction of sp³-hybridized carbons (Fsp3) is 0.417. The molecule has 2 atom stereocenters. The minimum atomic E-state index is -0.696. The Morgan fingerprint density at radius 2 is 2.41 bits per heavy atom. The Morgan fingerprint density at radius 3 is 3.00 bits per heavy atom. The Labute approximate surface area is 108 Å². The maximum atomic E-state index is 10.7. The van der Waals surface area contributed by atoms with E-state index in [2.05, 4.69) is 21.2 Å². The number of rotatable bonds is 5. The lowest BCUT2D eigenvalue weighted by Gasteiger charge is -2.11. The SMILES string of the molecule is COc1ccc(Br)cc1NCC1CC1C(=O)O. The molecule has 1 aliphatic rings. The highest BCUT2D eigenvalue weighted by molar-refractivity contribution is 9.10. The van der Waals surface area contributed by atoms with Gasteiger partial charge < -0.3 is 15.2 Å². The number of benzene rings is 1. The van der Waals surface area contributed by atoms with Gasteiger partial charge >= 0.3 is 5.97 Å². The summed E-state index contributed by atoms with van der Waals surface area (Å²) in [6.07, 6.45) is 0.763. The van der Waals surface area contributed by atoms with Gasteiger partial charge in [-0.05, 0) is 30.5 Å². The summed E-state index contributed by atoms with van der Waals surface area (Å²) in [4.78, 5) is 10.7. The molecule has 4 nitrogen and oxygen atoms in total. The van der Waals surface area contributed by atoms with E-state index in [-0.39, 0.29) is 11.8 Å². The Hall–Kier alpha value is -1.23. The molecule has 2 unspecified atom stereocenters. The zero-order valence-electron chi connectivity index (χ0n) is 9.44. The van der Waals surface area contributed by atoms with Gasteiger partial charge in [-0.15, -0.1) is 0 Å². The number of carboxylic acids is 1. The first-order valence-corrected chi connectivity index (χ1v) is 6.21. The van der Waals surface area contributed by atoms with Crippen molar-refractivity contribution in [2.45, 2.75) is 6.42 Å². The molecular weight excluding hydrogens is 286 g/mol. The molecule has 1 aromatic carbocycles. The third-order valence-corrected chi connectivity index (χ3v) is 3.45. The number of carboxylic acid groups (broad SMARTS) is 1. The fourth-order valence-corrected chi connectivity index (χ4v) is 2.20. The Kier molecular flexibility index (Phi) is 3.57. The van der Waals surface area contributed by atoms with Crippen molar-refractivity contribution in [3.8, 4) is 5.75 Å². The van der Waals surface area contributed by atoms with E-state index in [9.17, 15) is 4.79 Å². The van der Waals surface area contributed by atoms with Crippen LogP contribution in [0.2, 0.25) is 0 Å². The minimum Gasteiger partial charge on any atom is -0.495 e. The van der Waals surface area contributed by atoms with E-state index in [1.165, 1.54) is 0 Å². The first kappa shape index (κ1) is 12.2. The molecule has 92 valence electrons. The second kappa shape index (κ2) is 4.96. The van der Waals surface area contributed by atoms with Gasteiger partial charge in [-0.2, -0.15) is 0 Å². The molecule has 0 bridgehead atoms. The van der Waals surface area contributed by atoms with Gasteiger partial charge in [0.15, 0.2) is 0 Å². The molecule has 1 aromatic rings. The van der Waals surface area contributed by atoms with Gasteiger partial charge in [0.2, 0.25) is 0 Å². The Morgan fingerprint density at radius 1 is 1.65 bits per heavy atom. The molecule has 5 heteroatoms. The smallest absolute Gasteiger partial charge is 0.306 e. The van der Waals surface area contributed by atoms with Gasteiger partial charge in [-0.25, -0.2) is 0 Å². The molecule has 0 aliphatic heterocycles. The molecule has 0 heterocycles. The van der Waals surface area contributed by atoms with Crippen LogP contribution in [0.1, 0.15) is 6.42 Å². The number of anilines is 1. The van der Waals surface area contributed by atoms with Crippen molar-refractivity contribution in [2.24, 2.45) is 11.8 Å². The lowest BCUT2D eigenvalue weighted by atomic mass is 10.2. The summed E-state index contributed by atoms with van der Waals surface area (Å²) in [6, 6.07) is 5.70. The first-order valence-electron chi connectivity index (χ1n) is 5.42. The van der Waals surface area contributed by atoms with Gasteiger partial charge in [-0.3, -0.25) is 4.79 Å². The van der Waals surface area contributed by atoms with Crippen LogP contribution in [0.4, 0.5) is 5.69 Å². The third kappa shape index (κ3) is 2.91. The standard InChI is InChI=1S/C12H14BrNO3/c1-17-11-3-2-8(13)5-10(11)14-6-7-4-9(7)12(15)16/h2-3,5,7,9,14H,4,6H2,1H3,(H,15,16). The molecule has 1 fully saturated rings. The quantitative estimate of drug-likeness (QED) is 0.877. The van der Waals surface area contributed by atoms with E-state index in [1.807, 2.05) is 18.2 Å². The maximum Gasteiger partial charge on any atom is 0.306 e. The highest BCUT2D eigenvalue weighted by atomic mass is 79.9. The molecule has 0 amide bonds. The van der Waals surface area contributed by atoms with E-state index in [4.69, 9.17) is 9.84 Å². The lowest BCUT2D eigenvalue weighted by molar-refractivity contribution is -0.138. The molecule has 2 rings (SSSR count). The van der Waals surface area contributed by atoms with E-state index in [0.717, 1.165) is 22.3 Å². The van der Waals surface area contributed by atoms with Crippen LogP contribution in [0.15, 0.2) is 22.7 Å². The maximum absolute atomic E-state index is 10.7. The van der Waals surface area contributed by atoms with Crippen molar-refractivity contribution in [3.05, 3.63) is 22.7 Å². The Bertz CT molecular complexity index is 436. The van der Waals surface area contributed by atoms with E-state index >= 15 is 0 Å². The monoisotopic (exact) mass is 299 g/mol. The molecule has 0 aromatic heterocycles. The average Bonchev–Trinajstić information content (AvgIpc) is 3.06. The molecule has 1 aliphatic carbocycles. The van der Waals surface area contributed by atoms with Crippen LogP contribution in [0.3, 0.4) is 0 Å². The van der Waals surface area contributed by atoms with Crippen LogP contribution in [-0.2, 0) is 4.79 Å². The average molecular weight is 300 g/mol. The van der Waals surface area contributed by atoms with Crippen LogP contribution in [0.5, 0.6) is 5.75 Å².